The molecule has 1 aliphatic rings. The number of benzene rings is 10. The zero-order chi connectivity index (χ0) is 36.8. The SMILES string of the molecule is c1ccc(C2(c3ccccc3)c3cc(-c4cccc5oc6c7ccccc7ccc6c45)ccc3-c3cc4cccc(-c5ccc6ccccc6c5)c4cc32)cc1. The van der Waals surface area contributed by atoms with Crippen LogP contribution in [0.4, 0.5) is 0 Å². The van der Waals surface area contributed by atoms with Gasteiger partial charge in [-0.05, 0) is 119 Å². The largest absolute Gasteiger partial charge is 0.455 e. The molecule has 0 fully saturated rings. The lowest BCUT2D eigenvalue weighted by molar-refractivity contribution is 0.673. The van der Waals surface area contributed by atoms with Crippen molar-refractivity contribution in [1.29, 1.82) is 0 Å². The molecule has 0 aliphatic heterocycles. The van der Waals surface area contributed by atoms with E-state index >= 15 is 0 Å². The summed E-state index contributed by atoms with van der Waals surface area (Å²) >= 11 is 0. The van der Waals surface area contributed by atoms with E-state index < -0.39 is 5.41 Å². The van der Waals surface area contributed by atoms with Gasteiger partial charge in [0.2, 0.25) is 0 Å². The first-order valence-electron chi connectivity index (χ1n) is 19.4. The number of hydrogen-bond donors (Lipinski definition) is 0. The van der Waals surface area contributed by atoms with Crippen LogP contribution in [0.15, 0.2) is 211 Å². The maximum atomic E-state index is 6.67. The first-order chi connectivity index (χ1) is 27.8. The molecule has 0 saturated carbocycles. The van der Waals surface area contributed by atoms with Crippen molar-refractivity contribution in [3.05, 3.63) is 229 Å². The van der Waals surface area contributed by atoms with Gasteiger partial charge in [0.25, 0.3) is 0 Å². The molecule has 0 unspecified atom stereocenters. The lowest BCUT2D eigenvalue weighted by Gasteiger charge is -2.34. The zero-order valence-electron chi connectivity index (χ0n) is 30.5. The highest BCUT2D eigenvalue weighted by Crippen LogP contribution is 2.58. The van der Waals surface area contributed by atoms with E-state index in [1.54, 1.807) is 0 Å². The Balaban J connectivity index is 1.15. The van der Waals surface area contributed by atoms with Gasteiger partial charge in [0.05, 0.1) is 5.41 Å². The van der Waals surface area contributed by atoms with Crippen molar-refractivity contribution in [2.75, 3.05) is 0 Å². The molecule has 1 nitrogen and oxygen atoms in total. The molecule has 0 spiro atoms. The van der Waals surface area contributed by atoms with Crippen LogP contribution in [0.2, 0.25) is 0 Å². The fraction of sp³-hybridized carbons (Fsp3) is 0.0182. The summed E-state index contributed by atoms with van der Waals surface area (Å²) in [6.07, 6.45) is 0. The van der Waals surface area contributed by atoms with Crippen molar-refractivity contribution in [2.24, 2.45) is 0 Å². The van der Waals surface area contributed by atoms with Crippen molar-refractivity contribution in [2.45, 2.75) is 5.41 Å². The summed E-state index contributed by atoms with van der Waals surface area (Å²) in [6.45, 7) is 0. The van der Waals surface area contributed by atoms with Crippen LogP contribution in [0.3, 0.4) is 0 Å². The summed E-state index contributed by atoms with van der Waals surface area (Å²) in [6, 6.07) is 76.0. The summed E-state index contributed by atoms with van der Waals surface area (Å²) in [7, 11) is 0. The van der Waals surface area contributed by atoms with E-state index in [1.807, 2.05) is 0 Å². The van der Waals surface area contributed by atoms with Crippen LogP contribution in [-0.2, 0) is 5.41 Å². The van der Waals surface area contributed by atoms with E-state index in [0.29, 0.717) is 0 Å². The molecule has 11 aromatic rings. The summed E-state index contributed by atoms with van der Waals surface area (Å²) in [5.41, 5.74) is 13.8. The van der Waals surface area contributed by atoms with E-state index in [2.05, 4.69) is 206 Å². The Labute approximate surface area is 324 Å². The molecule has 56 heavy (non-hydrogen) atoms. The molecule has 0 amide bonds. The van der Waals surface area contributed by atoms with Crippen LogP contribution in [0.1, 0.15) is 22.3 Å². The monoisotopic (exact) mass is 710 g/mol. The van der Waals surface area contributed by atoms with E-state index in [-0.39, 0.29) is 0 Å². The molecule has 260 valence electrons. The predicted octanol–water partition coefficient (Wildman–Crippen LogP) is 14.7. The molecule has 0 bridgehead atoms. The summed E-state index contributed by atoms with van der Waals surface area (Å²) in [5.74, 6) is 0. The van der Waals surface area contributed by atoms with Crippen LogP contribution in [0, 0.1) is 0 Å². The highest BCUT2D eigenvalue weighted by atomic mass is 16.3. The van der Waals surface area contributed by atoms with Gasteiger partial charge in [0, 0.05) is 16.2 Å². The molecular formula is C55H34O. The number of rotatable bonds is 4. The van der Waals surface area contributed by atoms with Crippen LogP contribution in [-0.4, -0.2) is 0 Å². The minimum atomic E-state index is -0.559. The quantitative estimate of drug-likeness (QED) is 0.177. The first-order valence-corrected chi connectivity index (χ1v) is 19.4. The second-order valence-corrected chi connectivity index (χ2v) is 15.2. The molecule has 1 aromatic heterocycles. The van der Waals surface area contributed by atoms with Gasteiger partial charge < -0.3 is 4.42 Å². The molecular weight excluding hydrogens is 677 g/mol. The third-order valence-corrected chi connectivity index (χ3v) is 12.3. The second kappa shape index (κ2) is 11.9. The van der Waals surface area contributed by atoms with Crippen LogP contribution in [0.25, 0.3) is 87.6 Å². The Bertz CT molecular complexity index is 3310. The molecule has 0 saturated heterocycles. The lowest BCUT2D eigenvalue weighted by Crippen LogP contribution is -2.28. The highest BCUT2D eigenvalue weighted by Gasteiger charge is 2.46. The third-order valence-electron chi connectivity index (χ3n) is 12.3. The van der Waals surface area contributed by atoms with Crippen molar-refractivity contribution in [3.8, 4) is 33.4 Å². The normalized spacial score (nSPS) is 13.1. The van der Waals surface area contributed by atoms with Gasteiger partial charge in [-0.1, -0.05) is 170 Å². The lowest BCUT2D eigenvalue weighted by atomic mass is 9.67. The zero-order valence-corrected chi connectivity index (χ0v) is 30.5. The van der Waals surface area contributed by atoms with Crippen molar-refractivity contribution >= 4 is 54.3 Å². The van der Waals surface area contributed by atoms with Crippen molar-refractivity contribution < 1.29 is 4.42 Å². The Kier molecular flexibility index (Phi) is 6.62. The minimum absolute atomic E-state index is 0.559. The molecule has 1 heteroatoms. The van der Waals surface area contributed by atoms with Gasteiger partial charge in [0.1, 0.15) is 11.2 Å². The smallest absolute Gasteiger partial charge is 0.143 e. The number of furan rings is 1. The summed E-state index contributed by atoms with van der Waals surface area (Å²) < 4.78 is 6.67. The van der Waals surface area contributed by atoms with Gasteiger partial charge in [-0.2, -0.15) is 0 Å². The maximum absolute atomic E-state index is 6.67. The Morgan fingerprint density at radius 1 is 0.321 bits per heavy atom. The molecule has 0 N–H and O–H groups in total. The molecule has 0 atom stereocenters. The second-order valence-electron chi connectivity index (χ2n) is 15.2. The maximum Gasteiger partial charge on any atom is 0.143 e. The fourth-order valence-corrected chi connectivity index (χ4v) is 9.83. The standard InChI is InChI=1S/C55H34O/c1-3-17-41(18-4-1)55(42-19-5-2-6-20-42)50-33-40(44-23-12-24-52-53(44)47-30-27-36-14-9-10-21-45(36)54(47)56-52)28-29-46(50)49-32-38-16-11-22-43(48(38)34-51(49)55)39-26-25-35-13-7-8-15-37(35)31-39/h1-34H. The average Bonchev–Trinajstić information content (AvgIpc) is 3.79. The molecule has 0 radical (unpaired) electrons. The molecule has 10 aromatic carbocycles. The van der Waals surface area contributed by atoms with Gasteiger partial charge in [-0.3, -0.25) is 0 Å². The molecule has 1 heterocycles. The van der Waals surface area contributed by atoms with Gasteiger partial charge in [-0.25, -0.2) is 0 Å². The highest BCUT2D eigenvalue weighted by molar-refractivity contribution is 6.19. The Hall–Kier alpha value is -7.22. The first kappa shape index (κ1) is 31.2. The van der Waals surface area contributed by atoms with E-state index in [0.717, 1.165) is 27.3 Å². The topological polar surface area (TPSA) is 13.1 Å². The van der Waals surface area contributed by atoms with Crippen LogP contribution >= 0.6 is 0 Å². The van der Waals surface area contributed by atoms with Crippen molar-refractivity contribution in [3.63, 3.8) is 0 Å². The van der Waals surface area contributed by atoms with E-state index in [1.165, 1.54) is 82.6 Å². The molecule has 12 rings (SSSR count). The van der Waals surface area contributed by atoms with Crippen molar-refractivity contribution in [1.82, 2.24) is 0 Å². The predicted molar refractivity (Wildman–Crippen MR) is 234 cm³/mol. The Morgan fingerprint density at radius 2 is 0.946 bits per heavy atom. The van der Waals surface area contributed by atoms with E-state index in [9.17, 15) is 0 Å². The van der Waals surface area contributed by atoms with E-state index in [4.69, 9.17) is 4.42 Å². The third kappa shape index (κ3) is 4.37. The van der Waals surface area contributed by atoms with Gasteiger partial charge in [-0.15, -0.1) is 0 Å². The minimum Gasteiger partial charge on any atom is -0.455 e. The van der Waals surface area contributed by atoms with Gasteiger partial charge >= 0.3 is 0 Å². The van der Waals surface area contributed by atoms with Crippen LogP contribution in [0.5, 0.6) is 0 Å². The summed E-state index contributed by atoms with van der Waals surface area (Å²) in [4.78, 5) is 0. The Morgan fingerprint density at radius 3 is 1.77 bits per heavy atom. The van der Waals surface area contributed by atoms with Gasteiger partial charge in [0.15, 0.2) is 0 Å². The summed E-state index contributed by atoms with van der Waals surface area (Å²) in [5, 5.41) is 9.61. The van der Waals surface area contributed by atoms with Crippen LogP contribution < -0.4 is 0 Å². The molecule has 1 aliphatic carbocycles. The average molecular weight is 711 g/mol. The number of fused-ring (bicyclic) bond motifs is 10. The fourth-order valence-electron chi connectivity index (χ4n) is 9.83. The number of hydrogen-bond acceptors (Lipinski definition) is 1.